The van der Waals surface area contributed by atoms with Crippen LogP contribution in [0.25, 0.3) is 0 Å². The molecule has 2 bridgehead atoms. The van der Waals surface area contributed by atoms with Gasteiger partial charge in [0.2, 0.25) is 0 Å². The molecule has 0 heterocycles. The van der Waals surface area contributed by atoms with Gasteiger partial charge in [0.1, 0.15) is 0 Å². The van der Waals surface area contributed by atoms with E-state index in [1.165, 1.54) is 33.4 Å². The summed E-state index contributed by atoms with van der Waals surface area (Å²) in [7, 11) is 0. The fraction of sp³-hybridized carbons (Fsp3) is 0.217. The molecule has 2 heteroatoms. The van der Waals surface area contributed by atoms with Crippen LogP contribution >= 0.6 is 0 Å². The van der Waals surface area contributed by atoms with Gasteiger partial charge in [-0.2, -0.15) is 0 Å². The Labute approximate surface area is 147 Å². The van der Waals surface area contributed by atoms with E-state index in [0.29, 0.717) is 6.42 Å². The highest BCUT2D eigenvalue weighted by atomic mass is 16.3. The first-order valence-corrected chi connectivity index (χ1v) is 8.84. The van der Waals surface area contributed by atoms with E-state index in [9.17, 15) is 10.2 Å². The third kappa shape index (κ3) is 1.81. The molecule has 3 aliphatic carbocycles. The van der Waals surface area contributed by atoms with Crippen molar-refractivity contribution in [3.8, 4) is 0 Å². The molecule has 2 nitrogen and oxygen atoms in total. The summed E-state index contributed by atoms with van der Waals surface area (Å²) in [5, 5.41) is 20.0. The van der Waals surface area contributed by atoms with Gasteiger partial charge in [0.05, 0.1) is 12.7 Å². The lowest BCUT2D eigenvalue weighted by atomic mass is 9.51. The van der Waals surface area contributed by atoms with Crippen molar-refractivity contribution in [2.45, 2.75) is 23.9 Å². The van der Waals surface area contributed by atoms with E-state index in [1.807, 2.05) is 0 Å². The van der Waals surface area contributed by atoms with Crippen molar-refractivity contribution >= 4 is 0 Å². The van der Waals surface area contributed by atoms with Crippen LogP contribution in [0, 0.1) is 0 Å². The number of aliphatic hydroxyl groups is 2. The van der Waals surface area contributed by atoms with Crippen LogP contribution in [0.2, 0.25) is 0 Å². The summed E-state index contributed by atoms with van der Waals surface area (Å²) in [5.41, 5.74) is 7.38. The Balaban J connectivity index is 1.92. The maximum absolute atomic E-state index is 10.5. The molecule has 2 N–H and O–H groups in total. The Kier molecular flexibility index (Phi) is 3.15. The fourth-order valence-electron chi connectivity index (χ4n) is 5.10. The van der Waals surface area contributed by atoms with Gasteiger partial charge < -0.3 is 10.2 Å². The Morgan fingerprint density at radius 1 is 0.720 bits per heavy atom. The molecule has 0 aliphatic heterocycles. The molecule has 1 unspecified atom stereocenters. The summed E-state index contributed by atoms with van der Waals surface area (Å²) in [4.78, 5) is 0. The molecule has 1 atom stereocenters. The Morgan fingerprint density at radius 3 is 1.52 bits per heavy atom. The SMILES string of the molecule is OCC(O)CC12c3ccccc3C(c3ccccc31)c1ccccc12. The normalized spacial score (nSPS) is 23.5. The van der Waals surface area contributed by atoms with Crippen LogP contribution in [-0.2, 0) is 5.41 Å². The molecule has 6 rings (SSSR count). The van der Waals surface area contributed by atoms with Crippen molar-refractivity contribution in [3.05, 3.63) is 106 Å². The van der Waals surface area contributed by atoms with Gasteiger partial charge in [0, 0.05) is 11.3 Å². The van der Waals surface area contributed by atoms with Gasteiger partial charge in [-0.15, -0.1) is 0 Å². The first kappa shape index (κ1) is 14.9. The third-order valence-electron chi connectivity index (χ3n) is 5.95. The molecule has 3 aromatic rings. The van der Waals surface area contributed by atoms with Crippen LogP contribution in [-0.4, -0.2) is 22.9 Å². The van der Waals surface area contributed by atoms with Gasteiger partial charge in [0.15, 0.2) is 0 Å². The lowest BCUT2D eigenvalue weighted by Crippen LogP contribution is -2.44. The van der Waals surface area contributed by atoms with E-state index in [2.05, 4.69) is 72.8 Å². The van der Waals surface area contributed by atoms with E-state index in [-0.39, 0.29) is 12.5 Å². The zero-order valence-corrected chi connectivity index (χ0v) is 13.9. The minimum absolute atomic E-state index is 0.225. The maximum atomic E-state index is 10.5. The summed E-state index contributed by atoms with van der Waals surface area (Å²) in [6, 6.07) is 25.8. The molecule has 0 aromatic heterocycles. The first-order chi connectivity index (χ1) is 12.3. The predicted octanol–water partition coefficient (Wildman–Crippen LogP) is 3.57. The van der Waals surface area contributed by atoms with E-state index in [0.717, 1.165) is 0 Å². The average molecular weight is 328 g/mol. The van der Waals surface area contributed by atoms with Gasteiger partial charge in [-0.05, 0) is 39.8 Å². The van der Waals surface area contributed by atoms with E-state index >= 15 is 0 Å². The second-order valence-corrected chi connectivity index (χ2v) is 7.14. The molecular formula is C23H20O2. The molecule has 3 aliphatic rings. The molecule has 25 heavy (non-hydrogen) atoms. The van der Waals surface area contributed by atoms with Crippen molar-refractivity contribution < 1.29 is 10.2 Å². The molecule has 124 valence electrons. The lowest BCUT2D eigenvalue weighted by Gasteiger charge is -2.51. The van der Waals surface area contributed by atoms with Gasteiger partial charge in [-0.1, -0.05) is 72.8 Å². The summed E-state index contributed by atoms with van der Waals surface area (Å²) in [5.74, 6) is 0.247. The van der Waals surface area contributed by atoms with Gasteiger partial charge in [0.25, 0.3) is 0 Å². The largest absolute Gasteiger partial charge is 0.394 e. The van der Waals surface area contributed by atoms with Crippen LogP contribution < -0.4 is 0 Å². The standard InChI is InChI=1S/C23H20O2/c24-14-15(25)13-23-19-10-4-1-7-16(19)22(17-8-2-5-11-20(17)23)18-9-3-6-12-21(18)23/h1-12,15,22,24-25H,13-14H2. The van der Waals surface area contributed by atoms with Crippen LogP contribution in [0.15, 0.2) is 72.8 Å². The smallest absolute Gasteiger partial charge is 0.0785 e. The minimum Gasteiger partial charge on any atom is -0.394 e. The van der Waals surface area contributed by atoms with Crippen molar-refractivity contribution in [1.29, 1.82) is 0 Å². The van der Waals surface area contributed by atoms with Gasteiger partial charge in [-0.25, -0.2) is 0 Å². The quantitative estimate of drug-likeness (QED) is 0.772. The maximum Gasteiger partial charge on any atom is 0.0785 e. The minimum atomic E-state index is -0.760. The van der Waals surface area contributed by atoms with Gasteiger partial charge >= 0.3 is 0 Å². The molecule has 0 spiro atoms. The Hall–Kier alpha value is -2.42. The number of hydrogen-bond acceptors (Lipinski definition) is 2. The summed E-state index contributed by atoms with van der Waals surface area (Å²) >= 11 is 0. The van der Waals surface area contributed by atoms with Crippen molar-refractivity contribution in [3.63, 3.8) is 0 Å². The van der Waals surface area contributed by atoms with Crippen molar-refractivity contribution in [1.82, 2.24) is 0 Å². The zero-order valence-electron chi connectivity index (χ0n) is 13.9. The first-order valence-electron chi connectivity index (χ1n) is 8.84. The fourth-order valence-corrected chi connectivity index (χ4v) is 5.10. The topological polar surface area (TPSA) is 40.5 Å². The Bertz CT molecular complexity index is 844. The molecular weight excluding hydrogens is 308 g/mol. The summed E-state index contributed by atoms with van der Waals surface area (Å²) < 4.78 is 0. The van der Waals surface area contributed by atoms with Crippen molar-refractivity contribution in [2.24, 2.45) is 0 Å². The highest BCUT2D eigenvalue weighted by Crippen LogP contribution is 2.60. The van der Waals surface area contributed by atoms with Crippen LogP contribution in [0.3, 0.4) is 0 Å². The van der Waals surface area contributed by atoms with Gasteiger partial charge in [-0.3, -0.25) is 0 Å². The highest BCUT2D eigenvalue weighted by molar-refractivity contribution is 5.71. The molecule has 0 saturated heterocycles. The molecule has 0 saturated carbocycles. The van der Waals surface area contributed by atoms with E-state index in [1.54, 1.807) is 0 Å². The molecule has 0 fully saturated rings. The van der Waals surface area contributed by atoms with Crippen LogP contribution in [0.4, 0.5) is 0 Å². The molecule has 0 amide bonds. The second kappa shape index (κ2) is 5.29. The van der Waals surface area contributed by atoms with E-state index < -0.39 is 11.5 Å². The third-order valence-corrected chi connectivity index (χ3v) is 5.95. The lowest BCUT2D eigenvalue weighted by molar-refractivity contribution is 0.0760. The predicted molar refractivity (Wildman–Crippen MR) is 97.9 cm³/mol. The summed E-state index contributed by atoms with van der Waals surface area (Å²) in [6.07, 6.45) is -0.273. The second-order valence-electron chi connectivity index (χ2n) is 7.14. The number of hydrogen-bond donors (Lipinski definition) is 2. The van der Waals surface area contributed by atoms with E-state index in [4.69, 9.17) is 0 Å². The molecule has 3 aromatic carbocycles. The number of aliphatic hydroxyl groups excluding tert-OH is 2. The zero-order chi connectivity index (χ0) is 17.0. The van der Waals surface area contributed by atoms with Crippen LogP contribution in [0.1, 0.15) is 45.7 Å². The Morgan fingerprint density at radius 2 is 1.12 bits per heavy atom. The van der Waals surface area contributed by atoms with Crippen LogP contribution in [0.5, 0.6) is 0 Å². The monoisotopic (exact) mass is 328 g/mol. The van der Waals surface area contributed by atoms with Crippen molar-refractivity contribution in [2.75, 3.05) is 6.61 Å². The summed E-state index contributed by atoms with van der Waals surface area (Å²) in [6.45, 7) is -0.225. The average Bonchev–Trinajstić information content (AvgIpc) is 2.68. The number of rotatable bonds is 3. The molecule has 0 radical (unpaired) electrons. The highest BCUT2D eigenvalue weighted by Gasteiger charge is 2.51. The number of benzene rings is 3.